The highest BCUT2D eigenvalue weighted by molar-refractivity contribution is 5.47. The Hall–Kier alpha value is -2.49. The van der Waals surface area contributed by atoms with Crippen molar-refractivity contribution < 1.29 is 40.6 Å². The molecule has 1 atom stereocenters. The summed E-state index contributed by atoms with van der Waals surface area (Å²) in [4.78, 5) is 1.18. The number of hydrogen-bond acceptors (Lipinski definition) is 3. The van der Waals surface area contributed by atoms with Crippen molar-refractivity contribution in [3.8, 4) is 5.75 Å². The van der Waals surface area contributed by atoms with E-state index in [-0.39, 0.29) is 12.1 Å². The Bertz CT molecular complexity index is 753. The molecule has 0 aliphatic rings. The van der Waals surface area contributed by atoms with E-state index in [1.165, 1.54) is 29.2 Å². The van der Waals surface area contributed by atoms with Crippen LogP contribution in [0.2, 0.25) is 0 Å². The molecule has 2 aromatic carbocycles. The molecule has 0 amide bonds. The van der Waals surface area contributed by atoms with Crippen molar-refractivity contribution >= 4 is 5.69 Å². The van der Waals surface area contributed by atoms with Gasteiger partial charge in [-0.15, -0.1) is 0 Å². The number of aliphatic hydroxyl groups excluding tert-OH is 1. The van der Waals surface area contributed by atoms with Gasteiger partial charge in [0.15, 0.2) is 6.10 Å². The number of benzene rings is 2. The Morgan fingerprint density at radius 2 is 1.57 bits per heavy atom. The highest BCUT2D eigenvalue weighted by Crippen LogP contribution is 2.29. The van der Waals surface area contributed by atoms with Crippen molar-refractivity contribution in [3.63, 3.8) is 0 Å². The van der Waals surface area contributed by atoms with Gasteiger partial charge in [-0.3, -0.25) is 0 Å². The lowest BCUT2D eigenvalue weighted by molar-refractivity contribution is -0.253. The van der Waals surface area contributed by atoms with Crippen LogP contribution in [-0.2, 0) is 6.54 Å². The second kappa shape index (κ2) is 8.68. The van der Waals surface area contributed by atoms with Crippen LogP contribution in [-0.4, -0.2) is 36.5 Å². The van der Waals surface area contributed by atoms with Gasteiger partial charge in [0.2, 0.25) is 0 Å². The maximum absolute atomic E-state index is 13.1. The molecule has 154 valence electrons. The predicted octanol–water partition coefficient (Wildman–Crippen LogP) is 4.85. The topological polar surface area (TPSA) is 32.7 Å². The van der Waals surface area contributed by atoms with E-state index < -0.39 is 37.1 Å². The third-order valence-electron chi connectivity index (χ3n) is 3.67. The summed E-state index contributed by atoms with van der Waals surface area (Å²) in [5.74, 6) is -0.563. The molecule has 0 saturated heterocycles. The Kier molecular flexibility index (Phi) is 6.76. The maximum atomic E-state index is 13.1. The number of halogens is 7. The van der Waals surface area contributed by atoms with Gasteiger partial charge >= 0.3 is 18.7 Å². The SMILES string of the molecule is OC(CN(Cc1cccc(OC(F)(F)C(F)F)c1)c1ccccc1)C(F)(F)F. The van der Waals surface area contributed by atoms with Crippen molar-refractivity contribution in [2.45, 2.75) is 31.4 Å². The Labute approximate surface area is 156 Å². The Balaban J connectivity index is 2.23. The van der Waals surface area contributed by atoms with Crippen LogP contribution in [0.5, 0.6) is 5.75 Å². The molecule has 0 fully saturated rings. The maximum Gasteiger partial charge on any atom is 0.461 e. The highest BCUT2D eigenvalue weighted by atomic mass is 19.4. The number of aliphatic hydroxyl groups is 1. The zero-order chi connectivity index (χ0) is 20.9. The molecule has 0 aliphatic heterocycles. The summed E-state index contributed by atoms with van der Waals surface area (Å²) in [5, 5.41) is 9.39. The molecular weight excluding hydrogens is 395 g/mol. The quantitative estimate of drug-likeness (QED) is 0.631. The van der Waals surface area contributed by atoms with E-state index in [1.807, 2.05) is 0 Å². The molecule has 0 aliphatic carbocycles. The molecule has 0 saturated carbocycles. The van der Waals surface area contributed by atoms with Crippen LogP contribution in [0.15, 0.2) is 54.6 Å². The van der Waals surface area contributed by atoms with E-state index in [2.05, 4.69) is 4.74 Å². The summed E-state index contributed by atoms with van der Waals surface area (Å²) in [7, 11) is 0. The molecule has 2 rings (SSSR count). The first-order valence-electron chi connectivity index (χ1n) is 7.98. The molecule has 0 spiro atoms. The van der Waals surface area contributed by atoms with Crippen molar-refractivity contribution in [2.75, 3.05) is 11.4 Å². The number of para-hydroxylation sites is 1. The molecule has 0 radical (unpaired) electrons. The fourth-order valence-electron chi connectivity index (χ4n) is 2.34. The van der Waals surface area contributed by atoms with Gasteiger partial charge in [-0.05, 0) is 29.8 Å². The number of rotatable bonds is 8. The van der Waals surface area contributed by atoms with Gasteiger partial charge < -0.3 is 14.7 Å². The third-order valence-corrected chi connectivity index (χ3v) is 3.67. The summed E-state index contributed by atoms with van der Waals surface area (Å²) in [5.41, 5.74) is 0.566. The Morgan fingerprint density at radius 1 is 0.929 bits per heavy atom. The molecular formula is C18H16F7NO2. The number of hydrogen-bond donors (Lipinski definition) is 1. The van der Waals surface area contributed by atoms with Gasteiger partial charge in [0.1, 0.15) is 5.75 Å². The first-order valence-corrected chi connectivity index (χ1v) is 7.98. The minimum absolute atomic E-state index is 0.214. The lowest BCUT2D eigenvalue weighted by Crippen LogP contribution is -2.40. The number of nitrogens with zero attached hydrogens (tertiary/aromatic N) is 1. The van der Waals surface area contributed by atoms with Crippen molar-refractivity contribution in [1.29, 1.82) is 0 Å². The number of alkyl halides is 7. The van der Waals surface area contributed by atoms with Crippen LogP contribution in [0.4, 0.5) is 36.4 Å². The minimum Gasteiger partial charge on any atom is -0.428 e. The van der Waals surface area contributed by atoms with Gasteiger partial charge in [0.25, 0.3) is 0 Å². The van der Waals surface area contributed by atoms with Gasteiger partial charge in [-0.1, -0.05) is 30.3 Å². The van der Waals surface area contributed by atoms with Crippen LogP contribution in [0, 0.1) is 0 Å². The van der Waals surface area contributed by atoms with E-state index in [4.69, 9.17) is 0 Å². The van der Waals surface area contributed by atoms with Gasteiger partial charge in [0.05, 0.1) is 6.54 Å². The fourth-order valence-corrected chi connectivity index (χ4v) is 2.34. The summed E-state index contributed by atoms with van der Waals surface area (Å²) < 4.78 is 92.9. The number of anilines is 1. The first kappa shape index (κ1) is 21.8. The van der Waals surface area contributed by atoms with Gasteiger partial charge in [-0.25, -0.2) is 0 Å². The molecule has 2 aromatic rings. The second-order valence-electron chi connectivity index (χ2n) is 5.89. The molecule has 0 heterocycles. The van der Waals surface area contributed by atoms with Gasteiger partial charge in [-0.2, -0.15) is 30.7 Å². The van der Waals surface area contributed by atoms with E-state index in [0.717, 1.165) is 12.1 Å². The van der Waals surface area contributed by atoms with E-state index in [0.29, 0.717) is 5.69 Å². The summed E-state index contributed by atoms with van der Waals surface area (Å²) in [6, 6.07) is 12.5. The van der Waals surface area contributed by atoms with Crippen LogP contribution in [0.25, 0.3) is 0 Å². The lowest BCUT2D eigenvalue weighted by atomic mass is 10.1. The number of ether oxygens (including phenoxy) is 1. The van der Waals surface area contributed by atoms with Crippen LogP contribution in [0.3, 0.4) is 0 Å². The summed E-state index contributed by atoms with van der Waals surface area (Å²) in [6.45, 7) is -1.03. The molecule has 1 unspecified atom stereocenters. The zero-order valence-corrected chi connectivity index (χ0v) is 14.2. The van der Waals surface area contributed by atoms with Crippen molar-refractivity contribution in [3.05, 3.63) is 60.2 Å². The fraction of sp³-hybridized carbons (Fsp3) is 0.333. The van der Waals surface area contributed by atoms with E-state index in [1.54, 1.807) is 18.2 Å². The summed E-state index contributed by atoms with van der Waals surface area (Å²) >= 11 is 0. The average molecular weight is 411 g/mol. The lowest BCUT2D eigenvalue weighted by Gasteiger charge is -2.28. The molecule has 3 nitrogen and oxygen atoms in total. The van der Waals surface area contributed by atoms with Crippen molar-refractivity contribution in [2.24, 2.45) is 0 Å². The molecule has 1 N–H and O–H groups in total. The molecule has 0 aromatic heterocycles. The van der Waals surface area contributed by atoms with Crippen LogP contribution < -0.4 is 9.64 Å². The van der Waals surface area contributed by atoms with Crippen LogP contribution >= 0.6 is 0 Å². The third kappa shape index (κ3) is 6.01. The second-order valence-corrected chi connectivity index (χ2v) is 5.89. The smallest absolute Gasteiger partial charge is 0.428 e. The average Bonchev–Trinajstić information content (AvgIpc) is 2.61. The standard InChI is InChI=1S/C18H16F7NO2/c19-16(20)18(24,25)28-14-8-4-5-12(9-14)10-26(11-15(27)17(21,22)23)13-6-2-1-3-7-13/h1-9,15-16,27H,10-11H2. The highest BCUT2D eigenvalue weighted by Gasteiger charge is 2.44. The Morgan fingerprint density at radius 3 is 2.14 bits per heavy atom. The monoisotopic (exact) mass is 411 g/mol. The predicted molar refractivity (Wildman–Crippen MR) is 87.6 cm³/mol. The summed E-state index contributed by atoms with van der Waals surface area (Å²) in [6.07, 6.45) is -16.2. The minimum atomic E-state index is -4.85. The first-order chi connectivity index (χ1) is 13.0. The normalized spacial score (nSPS) is 13.5. The molecule has 10 heteroatoms. The van der Waals surface area contributed by atoms with E-state index in [9.17, 15) is 35.8 Å². The van der Waals surface area contributed by atoms with E-state index >= 15 is 0 Å². The van der Waals surface area contributed by atoms with Crippen molar-refractivity contribution in [1.82, 2.24) is 0 Å². The molecule has 28 heavy (non-hydrogen) atoms. The molecule has 0 bridgehead atoms. The largest absolute Gasteiger partial charge is 0.461 e. The van der Waals surface area contributed by atoms with Gasteiger partial charge in [0, 0.05) is 12.2 Å². The van der Waals surface area contributed by atoms with Crippen LogP contribution in [0.1, 0.15) is 5.56 Å². The zero-order valence-electron chi connectivity index (χ0n) is 14.2.